The third kappa shape index (κ3) is 4.22. The first-order chi connectivity index (χ1) is 10.5. The third-order valence-electron chi connectivity index (χ3n) is 2.83. The van der Waals surface area contributed by atoms with Crippen molar-refractivity contribution < 1.29 is 17.5 Å². The van der Waals surface area contributed by atoms with Gasteiger partial charge in [0.2, 0.25) is 10.0 Å². The molecular weight excluding hydrogens is 309 g/mol. The minimum atomic E-state index is -3.77. The molecule has 0 bridgehead atoms. The van der Waals surface area contributed by atoms with Crippen molar-refractivity contribution in [2.24, 2.45) is 0 Å². The SMILES string of the molecule is CCOc1ccc(S(=O)(=O)NCCc2cncnc2)cc1F. The number of nitrogens with one attached hydrogen (secondary N) is 1. The first-order valence-corrected chi connectivity index (χ1v) is 8.17. The molecule has 1 N–H and O–H groups in total. The number of hydrogen-bond acceptors (Lipinski definition) is 5. The Bertz CT molecular complexity index is 723. The first-order valence-electron chi connectivity index (χ1n) is 6.69. The van der Waals surface area contributed by atoms with Gasteiger partial charge in [-0.15, -0.1) is 0 Å². The Balaban J connectivity index is 2.02. The van der Waals surface area contributed by atoms with E-state index in [1.165, 1.54) is 18.5 Å². The lowest BCUT2D eigenvalue weighted by Gasteiger charge is -2.09. The molecule has 6 nitrogen and oxygen atoms in total. The van der Waals surface area contributed by atoms with E-state index in [0.29, 0.717) is 13.0 Å². The number of sulfonamides is 1. The Morgan fingerprint density at radius 3 is 2.64 bits per heavy atom. The average Bonchev–Trinajstić information content (AvgIpc) is 2.50. The fourth-order valence-electron chi connectivity index (χ4n) is 1.79. The normalized spacial score (nSPS) is 11.4. The first kappa shape index (κ1) is 16.3. The summed E-state index contributed by atoms with van der Waals surface area (Å²) in [5.74, 6) is -0.677. The third-order valence-corrected chi connectivity index (χ3v) is 4.29. The zero-order chi connectivity index (χ0) is 16.0. The average molecular weight is 325 g/mol. The minimum absolute atomic E-state index is 0.0304. The van der Waals surface area contributed by atoms with Gasteiger partial charge in [-0.05, 0) is 37.1 Å². The van der Waals surface area contributed by atoms with Crippen LogP contribution in [0.5, 0.6) is 5.75 Å². The molecule has 1 aromatic heterocycles. The number of aromatic nitrogens is 2. The summed E-state index contributed by atoms with van der Waals surface area (Å²) in [5.41, 5.74) is 0.808. The molecule has 0 unspecified atom stereocenters. The lowest BCUT2D eigenvalue weighted by atomic mass is 10.2. The molecule has 0 radical (unpaired) electrons. The van der Waals surface area contributed by atoms with E-state index in [4.69, 9.17) is 4.74 Å². The van der Waals surface area contributed by atoms with Crippen molar-refractivity contribution in [2.75, 3.05) is 13.2 Å². The van der Waals surface area contributed by atoms with Gasteiger partial charge in [0.25, 0.3) is 0 Å². The Morgan fingerprint density at radius 1 is 1.27 bits per heavy atom. The molecule has 0 fully saturated rings. The second-order valence-electron chi connectivity index (χ2n) is 4.42. The van der Waals surface area contributed by atoms with Crippen molar-refractivity contribution in [3.63, 3.8) is 0 Å². The molecule has 0 amide bonds. The van der Waals surface area contributed by atoms with Gasteiger partial charge in [-0.1, -0.05) is 0 Å². The summed E-state index contributed by atoms with van der Waals surface area (Å²) in [5, 5.41) is 0. The van der Waals surface area contributed by atoms with E-state index in [0.717, 1.165) is 11.6 Å². The molecular formula is C14H16FN3O3S. The van der Waals surface area contributed by atoms with Gasteiger partial charge in [0.05, 0.1) is 11.5 Å². The molecule has 0 aliphatic rings. The monoisotopic (exact) mass is 325 g/mol. The van der Waals surface area contributed by atoms with Gasteiger partial charge >= 0.3 is 0 Å². The molecule has 2 aromatic rings. The maximum Gasteiger partial charge on any atom is 0.240 e. The van der Waals surface area contributed by atoms with E-state index in [1.54, 1.807) is 19.3 Å². The van der Waals surface area contributed by atoms with Gasteiger partial charge < -0.3 is 4.74 Å². The van der Waals surface area contributed by atoms with Gasteiger partial charge in [0, 0.05) is 18.9 Å². The summed E-state index contributed by atoms with van der Waals surface area (Å²) in [6.45, 7) is 2.20. The summed E-state index contributed by atoms with van der Waals surface area (Å²) in [4.78, 5) is 7.55. The molecule has 22 heavy (non-hydrogen) atoms. The molecule has 0 aliphatic carbocycles. The van der Waals surface area contributed by atoms with Gasteiger partial charge in [0.1, 0.15) is 6.33 Å². The molecule has 1 heterocycles. The van der Waals surface area contributed by atoms with Crippen molar-refractivity contribution in [3.8, 4) is 5.75 Å². The predicted octanol–water partition coefficient (Wildman–Crippen LogP) is 1.54. The predicted molar refractivity (Wildman–Crippen MR) is 78.5 cm³/mol. The van der Waals surface area contributed by atoms with Crippen LogP contribution in [0.1, 0.15) is 12.5 Å². The maximum absolute atomic E-state index is 13.7. The van der Waals surface area contributed by atoms with Crippen LogP contribution < -0.4 is 9.46 Å². The smallest absolute Gasteiger partial charge is 0.240 e. The highest BCUT2D eigenvalue weighted by molar-refractivity contribution is 7.89. The van der Waals surface area contributed by atoms with Gasteiger partial charge in [-0.2, -0.15) is 0 Å². The summed E-state index contributed by atoms with van der Waals surface area (Å²) in [6, 6.07) is 3.55. The number of hydrogen-bond donors (Lipinski definition) is 1. The van der Waals surface area contributed by atoms with Crippen LogP contribution in [0.3, 0.4) is 0 Å². The molecule has 0 saturated heterocycles. The van der Waals surface area contributed by atoms with Crippen LogP contribution in [-0.2, 0) is 16.4 Å². The second kappa shape index (κ2) is 7.28. The summed E-state index contributed by atoms with van der Waals surface area (Å²) in [6.07, 6.45) is 5.06. The lowest BCUT2D eigenvalue weighted by Crippen LogP contribution is -2.26. The number of halogens is 1. The van der Waals surface area contributed by atoms with Gasteiger partial charge in [0.15, 0.2) is 11.6 Å². The Labute approximate surface area is 128 Å². The van der Waals surface area contributed by atoms with Gasteiger partial charge in [-0.25, -0.2) is 27.5 Å². The number of nitrogens with zero attached hydrogens (tertiary/aromatic N) is 2. The fraction of sp³-hybridized carbons (Fsp3) is 0.286. The number of ether oxygens (including phenoxy) is 1. The largest absolute Gasteiger partial charge is 0.491 e. The highest BCUT2D eigenvalue weighted by Gasteiger charge is 2.16. The quantitative estimate of drug-likeness (QED) is 0.835. The summed E-state index contributed by atoms with van der Waals surface area (Å²) in [7, 11) is -3.77. The number of benzene rings is 1. The summed E-state index contributed by atoms with van der Waals surface area (Å²) < 4.78 is 45.4. The molecule has 0 aliphatic heterocycles. The van der Waals surface area contributed by atoms with Crippen molar-refractivity contribution in [2.45, 2.75) is 18.2 Å². The highest BCUT2D eigenvalue weighted by Crippen LogP contribution is 2.20. The molecule has 0 spiro atoms. The van der Waals surface area contributed by atoms with Crippen LogP contribution >= 0.6 is 0 Å². The van der Waals surface area contributed by atoms with E-state index < -0.39 is 15.8 Å². The summed E-state index contributed by atoms with van der Waals surface area (Å²) >= 11 is 0. The maximum atomic E-state index is 13.7. The van der Waals surface area contributed by atoms with E-state index in [2.05, 4.69) is 14.7 Å². The van der Waals surface area contributed by atoms with Crippen LogP contribution in [0.2, 0.25) is 0 Å². The Kier molecular flexibility index (Phi) is 5.40. The van der Waals surface area contributed by atoms with E-state index in [-0.39, 0.29) is 17.2 Å². The molecule has 0 saturated carbocycles. The minimum Gasteiger partial charge on any atom is -0.491 e. The lowest BCUT2D eigenvalue weighted by molar-refractivity contribution is 0.321. The van der Waals surface area contributed by atoms with Crippen LogP contribution in [-0.4, -0.2) is 31.5 Å². The molecule has 118 valence electrons. The second-order valence-corrected chi connectivity index (χ2v) is 6.19. The van der Waals surface area contributed by atoms with Crippen molar-refractivity contribution in [3.05, 3.63) is 48.3 Å². The standard InChI is InChI=1S/C14H16FN3O3S/c1-2-21-14-4-3-12(7-13(14)15)22(19,20)18-6-5-11-8-16-10-17-9-11/h3-4,7-10,18H,2,5-6H2,1H3. The topological polar surface area (TPSA) is 81.2 Å². The molecule has 8 heteroatoms. The van der Waals surface area contributed by atoms with Crippen molar-refractivity contribution in [1.82, 2.24) is 14.7 Å². The van der Waals surface area contributed by atoms with Crippen LogP contribution in [0, 0.1) is 5.82 Å². The Morgan fingerprint density at radius 2 is 2.00 bits per heavy atom. The van der Waals surface area contributed by atoms with Crippen molar-refractivity contribution >= 4 is 10.0 Å². The van der Waals surface area contributed by atoms with E-state index in [9.17, 15) is 12.8 Å². The molecule has 0 atom stereocenters. The number of rotatable bonds is 7. The van der Waals surface area contributed by atoms with Crippen LogP contribution in [0.25, 0.3) is 0 Å². The Hall–Kier alpha value is -2.06. The van der Waals surface area contributed by atoms with Crippen LogP contribution in [0.15, 0.2) is 41.8 Å². The van der Waals surface area contributed by atoms with E-state index >= 15 is 0 Å². The highest BCUT2D eigenvalue weighted by atomic mass is 32.2. The van der Waals surface area contributed by atoms with Crippen LogP contribution in [0.4, 0.5) is 4.39 Å². The van der Waals surface area contributed by atoms with Crippen molar-refractivity contribution in [1.29, 1.82) is 0 Å². The zero-order valence-electron chi connectivity index (χ0n) is 12.0. The zero-order valence-corrected chi connectivity index (χ0v) is 12.8. The molecule has 2 rings (SSSR count). The van der Waals surface area contributed by atoms with E-state index in [1.807, 2.05) is 0 Å². The molecule has 1 aromatic carbocycles. The fourth-order valence-corrected chi connectivity index (χ4v) is 2.84. The van der Waals surface area contributed by atoms with Gasteiger partial charge in [-0.3, -0.25) is 0 Å².